The molecule has 2 heterocycles. The van der Waals surface area contributed by atoms with Crippen LogP contribution in [-0.2, 0) is 6.18 Å². The van der Waals surface area contributed by atoms with E-state index >= 15 is 0 Å². The van der Waals surface area contributed by atoms with Gasteiger partial charge < -0.3 is 9.80 Å². The molecule has 0 saturated carbocycles. The molecule has 154 valence electrons. The van der Waals surface area contributed by atoms with E-state index in [9.17, 15) is 32.9 Å². The van der Waals surface area contributed by atoms with Gasteiger partial charge in [-0.1, -0.05) is 6.07 Å². The van der Waals surface area contributed by atoms with E-state index in [1.165, 1.54) is 28.0 Å². The molecule has 0 atom stereocenters. The van der Waals surface area contributed by atoms with Crippen molar-refractivity contribution in [3.05, 3.63) is 61.3 Å². The third kappa shape index (κ3) is 4.39. The lowest BCUT2D eigenvalue weighted by molar-refractivity contribution is -0.385. The summed E-state index contributed by atoms with van der Waals surface area (Å²) in [6, 6.07) is 5.45. The largest absolute Gasteiger partial charge is 0.416 e. The smallest absolute Gasteiger partial charge is 0.335 e. The molecule has 0 aliphatic carbocycles. The van der Waals surface area contributed by atoms with Crippen molar-refractivity contribution in [2.75, 3.05) is 26.2 Å². The van der Waals surface area contributed by atoms with Gasteiger partial charge >= 0.3 is 6.18 Å². The van der Waals surface area contributed by atoms with Crippen LogP contribution >= 0.6 is 11.3 Å². The predicted octanol–water partition coefficient (Wildman–Crippen LogP) is 3.58. The normalized spacial score (nSPS) is 14.8. The lowest BCUT2D eigenvalue weighted by Gasteiger charge is -2.34. The minimum absolute atomic E-state index is 0.0656. The minimum Gasteiger partial charge on any atom is -0.335 e. The molecule has 1 aromatic carbocycles. The van der Waals surface area contributed by atoms with Gasteiger partial charge in [0.15, 0.2) is 0 Å². The van der Waals surface area contributed by atoms with Crippen LogP contribution in [0.25, 0.3) is 0 Å². The molecule has 2 amide bonds. The van der Waals surface area contributed by atoms with E-state index in [0.29, 0.717) is 4.88 Å². The van der Waals surface area contributed by atoms with E-state index < -0.39 is 22.6 Å². The summed E-state index contributed by atoms with van der Waals surface area (Å²) in [4.78, 5) is 39.0. The van der Waals surface area contributed by atoms with Crippen molar-refractivity contribution in [2.45, 2.75) is 13.1 Å². The Morgan fingerprint density at radius 3 is 2.17 bits per heavy atom. The molecule has 1 aliphatic rings. The van der Waals surface area contributed by atoms with Crippen molar-refractivity contribution in [3.63, 3.8) is 0 Å². The number of aryl methyl sites for hydroxylation is 1. The summed E-state index contributed by atoms with van der Waals surface area (Å²) in [5.41, 5.74) is -1.08. The lowest BCUT2D eigenvalue weighted by Crippen LogP contribution is -2.50. The third-order valence-electron chi connectivity index (χ3n) is 4.59. The Labute approximate surface area is 167 Å². The Balaban J connectivity index is 1.66. The molecule has 29 heavy (non-hydrogen) atoms. The van der Waals surface area contributed by atoms with E-state index in [2.05, 4.69) is 0 Å². The van der Waals surface area contributed by atoms with Gasteiger partial charge in [0.25, 0.3) is 17.5 Å². The van der Waals surface area contributed by atoms with Crippen LogP contribution in [-0.4, -0.2) is 52.7 Å². The van der Waals surface area contributed by atoms with Crippen LogP contribution in [0.5, 0.6) is 0 Å². The highest BCUT2D eigenvalue weighted by Gasteiger charge is 2.32. The number of carbonyl (C=O) groups excluding carboxylic acids is 2. The summed E-state index contributed by atoms with van der Waals surface area (Å²) in [6.07, 6.45) is -4.54. The van der Waals surface area contributed by atoms with Gasteiger partial charge in [0.2, 0.25) is 0 Å². The van der Waals surface area contributed by atoms with Gasteiger partial charge in [-0.2, -0.15) is 13.2 Å². The molecule has 0 spiro atoms. The maximum Gasteiger partial charge on any atom is 0.416 e. The molecule has 0 radical (unpaired) electrons. The summed E-state index contributed by atoms with van der Waals surface area (Å²) in [7, 11) is 0. The Bertz CT molecular complexity index is 966. The fourth-order valence-corrected chi connectivity index (χ4v) is 3.99. The van der Waals surface area contributed by atoms with Gasteiger partial charge in [0.05, 0.1) is 20.2 Å². The first-order valence-corrected chi connectivity index (χ1v) is 9.40. The lowest BCUT2D eigenvalue weighted by atomic mass is 10.1. The first-order valence-electron chi connectivity index (χ1n) is 8.58. The molecular weight excluding hydrogens is 411 g/mol. The van der Waals surface area contributed by atoms with Crippen molar-refractivity contribution in [3.8, 4) is 0 Å². The quantitative estimate of drug-likeness (QED) is 0.554. The van der Waals surface area contributed by atoms with E-state index in [-0.39, 0.29) is 48.2 Å². The molecule has 0 N–H and O–H groups in total. The first-order chi connectivity index (χ1) is 13.6. The molecule has 1 fully saturated rings. The summed E-state index contributed by atoms with van der Waals surface area (Å²) < 4.78 is 38.5. The Morgan fingerprint density at radius 2 is 1.66 bits per heavy atom. The molecule has 7 nitrogen and oxygen atoms in total. The van der Waals surface area contributed by atoms with E-state index in [0.717, 1.165) is 23.5 Å². The average Bonchev–Trinajstić information content (AvgIpc) is 3.08. The van der Waals surface area contributed by atoms with Gasteiger partial charge in [0.1, 0.15) is 0 Å². The molecule has 2 aromatic rings. The number of alkyl halides is 3. The summed E-state index contributed by atoms with van der Waals surface area (Å²) in [5.74, 6) is -0.900. The maximum atomic E-state index is 12.8. The molecule has 0 unspecified atom stereocenters. The van der Waals surface area contributed by atoms with Crippen molar-refractivity contribution in [2.24, 2.45) is 0 Å². The number of nitro groups is 1. The molecule has 3 rings (SSSR count). The van der Waals surface area contributed by atoms with E-state index in [1.54, 1.807) is 6.92 Å². The van der Waals surface area contributed by atoms with Crippen molar-refractivity contribution in [1.29, 1.82) is 0 Å². The van der Waals surface area contributed by atoms with Crippen LogP contribution in [0.4, 0.5) is 18.9 Å². The number of hydrogen-bond donors (Lipinski definition) is 0. The number of rotatable bonds is 3. The monoisotopic (exact) mass is 427 g/mol. The van der Waals surface area contributed by atoms with E-state index in [1.807, 2.05) is 0 Å². The molecule has 1 aromatic heterocycles. The molecular formula is C18H16F3N3O4S. The maximum absolute atomic E-state index is 12.8. The summed E-state index contributed by atoms with van der Waals surface area (Å²) in [6.45, 7) is 2.26. The second-order valence-corrected chi connectivity index (χ2v) is 7.73. The SMILES string of the molecule is Cc1sc(C(=O)N2CCN(C(=O)c3cccc(C(F)(F)F)c3)CC2)cc1[N+](=O)[O-]. The van der Waals surface area contributed by atoms with E-state index in [4.69, 9.17) is 0 Å². The Kier molecular flexibility index (Phi) is 5.60. The number of carbonyl (C=O) groups is 2. The topological polar surface area (TPSA) is 83.8 Å². The Morgan fingerprint density at radius 1 is 1.07 bits per heavy atom. The first kappa shape index (κ1) is 20.8. The fraction of sp³-hybridized carbons (Fsp3) is 0.333. The third-order valence-corrected chi connectivity index (χ3v) is 5.62. The van der Waals surface area contributed by atoms with Crippen LogP contribution in [0.1, 0.15) is 30.5 Å². The predicted molar refractivity (Wildman–Crippen MR) is 99.0 cm³/mol. The number of hydrogen-bond acceptors (Lipinski definition) is 5. The number of thiophene rings is 1. The number of halogens is 3. The van der Waals surface area contributed by atoms with Crippen LogP contribution < -0.4 is 0 Å². The second-order valence-electron chi connectivity index (χ2n) is 6.47. The molecule has 1 aliphatic heterocycles. The zero-order valence-electron chi connectivity index (χ0n) is 15.2. The highest BCUT2D eigenvalue weighted by molar-refractivity contribution is 7.14. The highest BCUT2D eigenvalue weighted by atomic mass is 32.1. The average molecular weight is 427 g/mol. The van der Waals surface area contributed by atoms with Gasteiger partial charge in [-0.25, -0.2) is 0 Å². The van der Waals surface area contributed by atoms with Gasteiger partial charge in [0, 0.05) is 37.8 Å². The molecule has 1 saturated heterocycles. The summed E-state index contributed by atoms with van der Waals surface area (Å²) in [5, 5.41) is 10.9. The highest BCUT2D eigenvalue weighted by Crippen LogP contribution is 2.30. The number of amides is 2. The van der Waals surface area contributed by atoms with Crippen LogP contribution in [0.3, 0.4) is 0 Å². The second kappa shape index (κ2) is 7.82. The molecule has 11 heteroatoms. The van der Waals surface area contributed by atoms with Gasteiger partial charge in [-0.15, -0.1) is 11.3 Å². The van der Waals surface area contributed by atoms with Crippen LogP contribution in [0.2, 0.25) is 0 Å². The number of piperazine rings is 1. The zero-order chi connectivity index (χ0) is 21.3. The van der Waals surface area contributed by atoms with Crippen molar-refractivity contribution in [1.82, 2.24) is 9.80 Å². The van der Waals surface area contributed by atoms with Crippen molar-refractivity contribution >= 4 is 28.8 Å². The van der Waals surface area contributed by atoms with Crippen LogP contribution in [0, 0.1) is 17.0 Å². The fourth-order valence-electron chi connectivity index (χ4n) is 3.04. The van der Waals surface area contributed by atoms with Gasteiger partial charge in [-0.05, 0) is 25.1 Å². The zero-order valence-corrected chi connectivity index (χ0v) is 16.0. The molecule has 0 bridgehead atoms. The Hall–Kier alpha value is -2.95. The van der Waals surface area contributed by atoms with Crippen LogP contribution in [0.15, 0.2) is 30.3 Å². The standard InChI is InChI=1S/C18H16F3N3O4S/c1-11-14(24(27)28)10-15(29-11)17(26)23-7-5-22(6-8-23)16(25)12-3-2-4-13(9-12)18(19,20)21/h2-4,9-10H,5-8H2,1H3. The number of benzene rings is 1. The minimum atomic E-state index is -4.54. The van der Waals surface area contributed by atoms with Gasteiger partial charge in [-0.3, -0.25) is 19.7 Å². The number of nitrogens with zero attached hydrogens (tertiary/aromatic N) is 3. The summed E-state index contributed by atoms with van der Waals surface area (Å²) >= 11 is 1.03. The van der Waals surface area contributed by atoms with Crippen molar-refractivity contribution < 1.29 is 27.7 Å².